The largest absolute Gasteiger partial charge is 0.478 e. The number of hydrogen-bond donors (Lipinski definition) is 2. The average Bonchev–Trinajstić information content (AvgIpc) is 2.51. The van der Waals surface area contributed by atoms with Crippen LogP contribution in [-0.4, -0.2) is 61.2 Å². The standard InChI is InChI=1S/C15H19F2NO6/c1-9(20)24-14(15(21)22)13(8-19)23-6-5-18(2)10-3-4-11(16)12(17)7-10/h3-4,7,13-14,19H,5-6,8H2,1-2H3,(H,21,22)/t13-,14+/m0/s1. The summed E-state index contributed by atoms with van der Waals surface area (Å²) in [6.07, 6.45) is -2.88. The van der Waals surface area contributed by atoms with Crippen LogP contribution in [0.15, 0.2) is 18.2 Å². The lowest BCUT2D eigenvalue weighted by molar-refractivity contribution is -0.175. The molecule has 1 aromatic rings. The van der Waals surface area contributed by atoms with Gasteiger partial charge in [0.25, 0.3) is 0 Å². The molecule has 2 atom stereocenters. The van der Waals surface area contributed by atoms with Crippen molar-refractivity contribution in [3.8, 4) is 0 Å². The summed E-state index contributed by atoms with van der Waals surface area (Å²) in [6, 6.07) is 3.37. The van der Waals surface area contributed by atoms with Crippen molar-refractivity contribution in [2.75, 3.05) is 31.7 Å². The third kappa shape index (κ3) is 5.74. The molecule has 2 N–H and O–H groups in total. The Labute approximate surface area is 137 Å². The SMILES string of the molecule is CC(=O)O[C@@H](C(=O)O)[C@H](CO)OCCN(C)c1ccc(F)c(F)c1. The molecular weight excluding hydrogens is 328 g/mol. The molecule has 0 saturated carbocycles. The molecule has 0 bridgehead atoms. The van der Waals surface area contributed by atoms with Gasteiger partial charge < -0.3 is 24.6 Å². The smallest absolute Gasteiger partial charge is 0.347 e. The zero-order valence-electron chi connectivity index (χ0n) is 13.2. The van der Waals surface area contributed by atoms with Gasteiger partial charge in [0, 0.05) is 32.3 Å². The lowest BCUT2D eigenvalue weighted by Crippen LogP contribution is -2.42. The van der Waals surface area contributed by atoms with Gasteiger partial charge in [-0.15, -0.1) is 0 Å². The highest BCUT2D eigenvalue weighted by Gasteiger charge is 2.31. The van der Waals surface area contributed by atoms with E-state index in [0.717, 1.165) is 19.1 Å². The molecule has 0 saturated heterocycles. The Morgan fingerprint density at radius 3 is 2.46 bits per heavy atom. The lowest BCUT2D eigenvalue weighted by Gasteiger charge is -2.24. The van der Waals surface area contributed by atoms with Gasteiger partial charge in [0.15, 0.2) is 11.6 Å². The van der Waals surface area contributed by atoms with Crippen molar-refractivity contribution >= 4 is 17.6 Å². The summed E-state index contributed by atoms with van der Waals surface area (Å²) in [5, 5.41) is 18.2. The summed E-state index contributed by atoms with van der Waals surface area (Å²) < 4.78 is 35.9. The highest BCUT2D eigenvalue weighted by atomic mass is 19.2. The van der Waals surface area contributed by atoms with Crippen LogP contribution in [0.3, 0.4) is 0 Å². The number of anilines is 1. The van der Waals surface area contributed by atoms with Crippen molar-refractivity contribution < 1.29 is 38.1 Å². The molecule has 0 spiro atoms. The molecule has 24 heavy (non-hydrogen) atoms. The van der Waals surface area contributed by atoms with Crippen LogP contribution in [0.2, 0.25) is 0 Å². The lowest BCUT2D eigenvalue weighted by atomic mass is 10.2. The summed E-state index contributed by atoms with van der Waals surface area (Å²) in [5.74, 6) is -4.22. The fourth-order valence-electron chi connectivity index (χ4n) is 1.89. The van der Waals surface area contributed by atoms with Crippen LogP contribution < -0.4 is 4.90 Å². The van der Waals surface area contributed by atoms with Crippen molar-refractivity contribution in [1.29, 1.82) is 0 Å². The number of aliphatic hydroxyl groups is 1. The number of hydrogen-bond acceptors (Lipinski definition) is 6. The molecule has 0 amide bonds. The Kier molecular flexibility index (Phi) is 7.53. The Balaban J connectivity index is 2.60. The zero-order valence-corrected chi connectivity index (χ0v) is 13.2. The van der Waals surface area contributed by atoms with E-state index in [1.54, 1.807) is 11.9 Å². The molecule has 0 fully saturated rings. The monoisotopic (exact) mass is 347 g/mol. The minimum Gasteiger partial charge on any atom is -0.478 e. The number of esters is 1. The van der Waals surface area contributed by atoms with Crippen molar-refractivity contribution in [1.82, 2.24) is 0 Å². The van der Waals surface area contributed by atoms with Crippen LogP contribution in [0, 0.1) is 11.6 Å². The highest BCUT2D eigenvalue weighted by molar-refractivity contribution is 5.77. The Bertz CT molecular complexity index is 583. The van der Waals surface area contributed by atoms with Gasteiger partial charge in [-0.25, -0.2) is 13.6 Å². The van der Waals surface area contributed by atoms with Crippen LogP contribution in [0.25, 0.3) is 0 Å². The van der Waals surface area contributed by atoms with Crippen LogP contribution in [-0.2, 0) is 19.1 Å². The summed E-state index contributed by atoms with van der Waals surface area (Å²) in [4.78, 5) is 23.5. The number of rotatable bonds is 9. The fraction of sp³-hybridized carbons (Fsp3) is 0.467. The van der Waals surface area contributed by atoms with E-state index >= 15 is 0 Å². The van der Waals surface area contributed by atoms with E-state index in [4.69, 9.17) is 9.84 Å². The summed E-state index contributed by atoms with van der Waals surface area (Å²) >= 11 is 0. The quantitative estimate of drug-likeness (QED) is 0.638. The van der Waals surface area contributed by atoms with Gasteiger partial charge in [0.2, 0.25) is 6.10 Å². The number of likely N-dealkylation sites (N-methyl/N-ethyl adjacent to an activating group) is 1. The van der Waals surface area contributed by atoms with E-state index < -0.39 is 42.4 Å². The third-order valence-electron chi connectivity index (χ3n) is 3.16. The van der Waals surface area contributed by atoms with Gasteiger partial charge >= 0.3 is 11.9 Å². The van der Waals surface area contributed by atoms with E-state index in [1.807, 2.05) is 0 Å². The number of carboxylic acid groups (broad SMARTS) is 1. The molecule has 1 aromatic carbocycles. The molecule has 9 heteroatoms. The topological polar surface area (TPSA) is 96.3 Å². The van der Waals surface area contributed by atoms with E-state index in [2.05, 4.69) is 4.74 Å². The number of ether oxygens (including phenoxy) is 2. The summed E-state index contributed by atoms with van der Waals surface area (Å²) in [7, 11) is 1.60. The van der Waals surface area contributed by atoms with Crippen LogP contribution in [0.4, 0.5) is 14.5 Å². The second-order valence-electron chi connectivity index (χ2n) is 4.98. The molecular formula is C15H19F2NO6. The number of carbonyl (C=O) groups is 2. The second kappa shape index (κ2) is 9.14. The highest BCUT2D eigenvalue weighted by Crippen LogP contribution is 2.16. The number of halogens is 2. The number of carbonyl (C=O) groups excluding carboxylic acids is 1. The molecule has 0 unspecified atom stereocenters. The molecule has 0 aliphatic carbocycles. The summed E-state index contributed by atoms with van der Waals surface area (Å²) in [5.41, 5.74) is 0.396. The third-order valence-corrected chi connectivity index (χ3v) is 3.16. The van der Waals surface area contributed by atoms with Gasteiger partial charge in [0.1, 0.15) is 6.10 Å². The minimum atomic E-state index is -1.64. The maximum atomic E-state index is 13.2. The molecule has 0 aliphatic rings. The Hall–Kier alpha value is -2.26. The van der Waals surface area contributed by atoms with Crippen molar-refractivity contribution in [3.05, 3.63) is 29.8 Å². The predicted octanol–water partition coefficient (Wildman–Crippen LogP) is 0.795. The molecule has 0 aromatic heterocycles. The number of carboxylic acids is 1. The van der Waals surface area contributed by atoms with E-state index in [-0.39, 0.29) is 13.2 Å². The summed E-state index contributed by atoms with van der Waals surface area (Å²) in [6.45, 7) is 0.542. The molecule has 0 radical (unpaired) electrons. The van der Waals surface area contributed by atoms with Crippen molar-refractivity contribution in [2.24, 2.45) is 0 Å². The van der Waals surface area contributed by atoms with E-state index in [1.165, 1.54) is 6.07 Å². The first-order chi connectivity index (χ1) is 11.3. The molecule has 134 valence electrons. The number of aliphatic carboxylic acids is 1. The first-order valence-electron chi connectivity index (χ1n) is 7.05. The van der Waals surface area contributed by atoms with Crippen LogP contribution in [0.1, 0.15) is 6.92 Å². The minimum absolute atomic E-state index is 0.0359. The molecule has 7 nitrogen and oxygen atoms in total. The zero-order chi connectivity index (χ0) is 18.3. The van der Waals surface area contributed by atoms with Crippen molar-refractivity contribution in [2.45, 2.75) is 19.1 Å². The number of aliphatic hydroxyl groups excluding tert-OH is 1. The van der Waals surface area contributed by atoms with Crippen LogP contribution >= 0.6 is 0 Å². The fourth-order valence-corrected chi connectivity index (χ4v) is 1.89. The normalized spacial score (nSPS) is 13.2. The molecule has 1 rings (SSSR count). The van der Waals surface area contributed by atoms with Gasteiger partial charge in [-0.2, -0.15) is 0 Å². The number of nitrogens with zero attached hydrogens (tertiary/aromatic N) is 1. The Morgan fingerprint density at radius 2 is 1.96 bits per heavy atom. The van der Waals surface area contributed by atoms with Gasteiger partial charge in [-0.05, 0) is 12.1 Å². The van der Waals surface area contributed by atoms with Crippen LogP contribution in [0.5, 0.6) is 0 Å². The van der Waals surface area contributed by atoms with Crippen molar-refractivity contribution in [3.63, 3.8) is 0 Å². The maximum Gasteiger partial charge on any atom is 0.347 e. The number of benzene rings is 1. The van der Waals surface area contributed by atoms with Gasteiger partial charge in [0.05, 0.1) is 13.2 Å². The van der Waals surface area contributed by atoms with Gasteiger partial charge in [-0.3, -0.25) is 4.79 Å². The van der Waals surface area contributed by atoms with Gasteiger partial charge in [-0.1, -0.05) is 0 Å². The van der Waals surface area contributed by atoms with E-state index in [0.29, 0.717) is 5.69 Å². The molecule has 0 heterocycles. The predicted molar refractivity (Wildman–Crippen MR) is 79.6 cm³/mol. The second-order valence-corrected chi connectivity index (χ2v) is 4.98. The Morgan fingerprint density at radius 1 is 1.29 bits per heavy atom. The first-order valence-corrected chi connectivity index (χ1v) is 7.05. The van der Waals surface area contributed by atoms with E-state index in [9.17, 15) is 23.5 Å². The maximum absolute atomic E-state index is 13.2. The average molecular weight is 347 g/mol. The molecule has 0 aliphatic heterocycles. The first kappa shape index (κ1) is 19.8.